The second-order valence-corrected chi connectivity index (χ2v) is 6.38. The molecular weight excluding hydrogens is 325 g/mol. The van der Waals surface area contributed by atoms with Gasteiger partial charge >= 0.3 is 7.60 Å². The number of nitrogen functional groups attached to an aromatic ring is 1. The van der Waals surface area contributed by atoms with E-state index in [-0.39, 0.29) is 5.82 Å². The zero-order valence-electron chi connectivity index (χ0n) is 12.0. The smallest absolute Gasteiger partial charge is 0.344 e. The first-order valence-electron chi connectivity index (χ1n) is 6.61. The first kappa shape index (κ1) is 15.4. The molecule has 122 valence electrons. The standard InChI is InChI=1S/C11H14N7O4P/c1-2-18-9-6(14-5-23(19,20)21)3-13-4-7(9)15-11(18)8-10(12)17-22-16-8/h3-4,14H,2,5H2,1H3,(H2,12,17)(H2,19,20,21). The van der Waals surface area contributed by atoms with Gasteiger partial charge in [0.2, 0.25) is 0 Å². The number of imidazole rings is 1. The Hall–Kier alpha value is -2.49. The van der Waals surface area contributed by atoms with E-state index in [0.717, 1.165) is 0 Å². The van der Waals surface area contributed by atoms with Crippen LogP contribution in [0.3, 0.4) is 0 Å². The van der Waals surface area contributed by atoms with Crippen molar-refractivity contribution in [3.63, 3.8) is 0 Å². The van der Waals surface area contributed by atoms with Gasteiger partial charge in [-0.2, -0.15) is 0 Å². The van der Waals surface area contributed by atoms with Crippen LogP contribution >= 0.6 is 7.60 Å². The second-order valence-electron chi connectivity index (χ2n) is 4.73. The number of aryl methyl sites for hydroxylation is 1. The Labute approximate surface area is 129 Å². The number of rotatable bonds is 5. The van der Waals surface area contributed by atoms with Crippen molar-refractivity contribution in [2.75, 3.05) is 17.3 Å². The maximum atomic E-state index is 11.1. The number of hydrogen-bond donors (Lipinski definition) is 4. The van der Waals surface area contributed by atoms with E-state index < -0.39 is 13.9 Å². The van der Waals surface area contributed by atoms with E-state index in [1.54, 1.807) is 4.57 Å². The molecule has 0 aliphatic rings. The molecule has 3 rings (SSSR count). The maximum absolute atomic E-state index is 11.1. The Morgan fingerprint density at radius 2 is 2.17 bits per heavy atom. The van der Waals surface area contributed by atoms with E-state index in [4.69, 9.17) is 15.5 Å². The molecule has 0 bridgehead atoms. The number of fused-ring (bicyclic) bond motifs is 1. The van der Waals surface area contributed by atoms with Crippen molar-refractivity contribution in [1.82, 2.24) is 24.8 Å². The summed E-state index contributed by atoms with van der Waals surface area (Å²) in [6, 6.07) is 0. The molecular formula is C11H14N7O4P. The van der Waals surface area contributed by atoms with Gasteiger partial charge in [0, 0.05) is 6.54 Å². The maximum Gasteiger partial charge on any atom is 0.344 e. The van der Waals surface area contributed by atoms with Gasteiger partial charge in [-0.25, -0.2) is 9.61 Å². The van der Waals surface area contributed by atoms with Crippen molar-refractivity contribution in [3.8, 4) is 11.5 Å². The fourth-order valence-corrected chi connectivity index (χ4v) is 2.62. The zero-order chi connectivity index (χ0) is 16.6. The average molecular weight is 339 g/mol. The molecule has 5 N–H and O–H groups in total. The predicted octanol–water partition coefficient (Wildman–Crippen LogP) is 0.630. The second kappa shape index (κ2) is 5.61. The minimum Gasteiger partial charge on any atom is -0.379 e. The van der Waals surface area contributed by atoms with Gasteiger partial charge in [-0.05, 0) is 17.2 Å². The molecule has 3 heterocycles. The summed E-state index contributed by atoms with van der Waals surface area (Å²) in [4.78, 5) is 26.5. The van der Waals surface area contributed by atoms with Crippen LogP contribution < -0.4 is 11.1 Å². The van der Waals surface area contributed by atoms with Gasteiger partial charge in [0.25, 0.3) is 0 Å². The largest absolute Gasteiger partial charge is 0.379 e. The molecule has 0 atom stereocenters. The summed E-state index contributed by atoms with van der Waals surface area (Å²) in [5, 5.41) is 9.98. The van der Waals surface area contributed by atoms with Gasteiger partial charge in [-0.15, -0.1) is 0 Å². The third-order valence-electron chi connectivity index (χ3n) is 3.17. The molecule has 23 heavy (non-hydrogen) atoms. The van der Waals surface area contributed by atoms with Crippen molar-refractivity contribution in [2.45, 2.75) is 13.5 Å². The summed E-state index contributed by atoms with van der Waals surface area (Å²) in [7, 11) is -4.21. The van der Waals surface area contributed by atoms with Gasteiger partial charge < -0.3 is 25.4 Å². The molecule has 0 saturated heterocycles. The Balaban J connectivity index is 2.15. The quantitative estimate of drug-likeness (QED) is 0.484. The van der Waals surface area contributed by atoms with Crippen molar-refractivity contribution >= 4 is 30.1 Å². The topological polar surface area (TPSA) is 165 Å². The number of nitrogens with one attached hydrogen (secondary N) is 1. The highest BCUT2D eigenvalue weighted by Gasteiger charge is 2.21. The normalized spacial score (nSPS) is 12.0. The Kier molecular flexibility index (Phi) is 3.76. The minimum absolute atomic E-state index is 0.104. The fraction of sp³-hybridized carbons (Fsp3) is 0.273. The van der Waals surface area contributed by atoms with Crippen LogP contribution in [0.5, 0.6) is 0 Å². The SMILES string of the molecule is CCn1c(-c2nonc2N)nc2cncc(NCP(=O)(O)O)c21. The molecule has 0 aliphatic carbocycles. The molecule has 0 unspecified atom stereocenters. The summed E-state index contributed by atoms with van der Waals surface area (Å²) >= 11 is 0. The summed E-state index contributed by atoms with van der Waals surface area (Å²) in [5.41, 5.74) is 7.62. The van der Waals surface area contributed by atoms with Crippen LogP contribution in [0.1, 0.15) is 6.92 Å². The van der Waals surface area contributed by atoms with Gasteiger partial charge in [-0.1, -0.05) is 0 Å². The number of anilines is 2. The summed E-state index contributed by atoms with van der Waals surface area (Å²) in [6.07, 6.45) is 2.50. The van der Waals surface area contributed by atoms with Gasteiger partial charge in [0.05, 0.1) is 23.6 Å². The number of pyridine rings is 1. The lowest BCUT2D eigenvalue weighted by Crippen LogP contribution is -2.06. The first-order valence-corrected chi connectivity index (χ1v) is 8.41. The van der Waals surface area contributed by atoms with Crippen molar-refractivity contribution < 1.29 is 19.0 Å². The first-order chi connectivity index (χ1) is 10.9. The van der Waals surface area contributed by atoms with Crippen molar-refractivity contribution in [1.29, 1.82) is 0 Å². The van der Waals surface area contributed by atoms with Crippen LogP contribution in [0.2, 0.25) is 0 Å². The molecule has 0 radical (unpaired) electrons. The summed E-state index contributed by atoms with van der Waals surface area (Å²) < 4.78 is 17.5. The van der Waals surface area contributed by atoms with Crippen LogP contribution in [0.25, 0.3) is 22.6 Å². The number of nitrogens with zero attached hydrogens (tertiary/aromatic N) is 5. The monoisotopic (exact) mass is 339 g/mol. The number of hydrogen-bond acceptors (Lipinski definition) is 8. The average Bonchev–Trinajstić information content (AvgIpc) is 3.06. The molecule has 0 aromatic carbocycles. The summed E-state index contributed by atoms with van der Waals surface area (Å²) in [6.45, 7) is 2.41. The molecule has 0 fully saturated rings. The molecule has 11 nitrogen and oxygen atoms in total. The van der Waals surface area contributed by atoms with E-state index in [1.165, 1.54) is 12.4 Å². The lowest BCUT2D eigenvalue weighted by molar-refractivity contribution is 0.310. The molecule has 0 saturated carbocycles. The molecule has 0 spiro atoms. The van der Waals surface area contributed by atoms with Crippen molar-refractivity contribution in [2.24, 2.45) is 0 Å². The fourth-order valence-electron chi connectivity index (χ4n) is 2.25. The van der Waals surface area contributed by atoms with E-state index in [1.807, 2.05) is 6.92 Å². The van der Waals surface area contributed by atoms with E-state index in [2.05, 4.69) is 30.2 Å². The third kappa shape index (κ3) is 2.89. The highest BCUT2D eigenvalue weighted by Crippen LogP contribution is 2.36. The van der Waals surface area contributed by atoms with E-state index in [0.29, 0.717) is 34.8 Å². The zero-order valence-corrected chi connectivity index (χ0v) is 12.9. The number of nitrogens with two attached hydrogens (primary N) is 1. The third-order valence-corrected chi connectivity index (χ3v) is 3.74. The van der Waals surface area contributed by atoms with Crippen LogP contribution in [0.4, 0.5) is 11.5 Å². The van der Waals surface area contributed by atoms with Crippen LogP contribution in [-0.4, -0.2) is 40.9 Å². The van der Waals surface area contributed by atoms with Crippen LogP contribution in [0.15, 0.2) is 17.0 Å². The highest BCUT2D eigenvalue weighted by molar-refractivity contribution is 7.51. The molecule has 0 aliphatic heterocycles. The number of aromatic nitrogens is 5. The molecule has 3 aromatic heterocycles. The Morgan fingerprint density at radius 1 is 1.39 bits per heavy atom. The summed E-state index contributed by atoms with van der Waals surface area (Å²) in [5.74, 6) is 0.543. The Morgan fingerprint density at radius 3 is 2.78 bits per heavy atom. The molecule has 3 aromatic rings. The minimum atomic E-state index is -4.21. The van der Waals surface area contributed by atoms with Crippen molar-refractivity contribution in [3.05, 3.63) is 12.4 Å². The van der Waals surface area contributed by atoms with Gasteiger partial charge in [0.15, 0.2) is 17.3 Å². The lowest BCUT2D eigenvalue weighted by atomic mass is 10.3. The highest BCUT2D eigenvalue weighted by atomic mass is 31.2. The van der Waals surface area contributed by atoms with E-state index >= 15 is 0 Å². The van der Waals surface area contributed by atoms with E-state index in [9.17, 15) is 4.57 Å². The van der Waals surface area contributed by atoms with Gasteiger partial charge in [0.1, 0.15) is 11.8 Å². The van der Waals surface area contributed by atoms with Crippen LogP contribution in [0, 0.1) is 0 Å². The Bertz CT molecular complexity index is 899. The lowest BCUT2D eigenvalue weighted by Gasteiger charge is -2.11. The molecule has 0 amide bonds. The molecule has 12 heteroatoms. The van der Waals surface area contributed by atoms with Crippen LogP contribution in [-0.2, 0) is 11.1 Å². The predicted molar refractivity (Wildman–Crippen MR) is 81.4 cm³/mol. The van der Waals surface area contributed by atoms with Gasteiger partial charge in [-0.3, -0.25) is 9.55 Å².